The quantitative estimate of drug-likeness (QED) is 0.563. The van der Waals surface area contributed by atoms with Crippen molar-refractivity contribution in [1.29, 1.82) is 0 Å². The number of benzene rings is 2. The van der Waals surface area contributed by atoms with Crippen LogP contribution in [0.15, 0.2) is 52.9 Å². The van der Waals surface area contributed by atoms with Crippen molar-refractivity contribution in [2.45, 2.75) is 6.54 Å². The van der Waals surface area contributed by atoms with Gasteiger partial charge in [-0.25, -0.2) is 0 Å². The lowest BCUT2D eigenvalue weighted by Gasteiger charge is -2.09. The van der Waals surface area contributed by atoms with Gasteiger partial charge in [-0.1, -0.05) is 24.3 Å². The number of fused-ring (bicyclic) bond motifs is 1. The number of hydrogen-bond donors (Lipinski definition) is 2. The Bertz CT molecular complexity index is 810. The summed E-state index contributed by atoms with van der Waals surface area (Å²) in [6.07, 6.45) is 0. The predicted octanol–water partition coefficient (Wildman–Crippen LogP) is 3.66. The van der Waals surface area contributed by atoms with Crippen LogP contribution in [0.3, 0.4) is 0 Å². The fourth-order valence-corrected chi connectivity index (χ4v) is 2.19. The van der Waals surface area contributed by atoms with E-state index in [4.69, 9.17) is 4.42 Å². The summed E-state index contributed by atoms with van der Waals surface area (Å²) in [6.45, 7) is 0.322. The monoisotopic (exact) mass is 284 g/mol. The van der Waals surface area contributed by atoms with Gasteiger partial charge in [-0.2, -0.15) is 0 Å². The van der Waals surface area contributed by atoms with Crippen molar-refractivity contribution in [3.05, 3.63) is 64.4 Å². The first-order valence-electron chi connectivity index (χ1n) is 6.33. The Morgan fingerprint density at radius 1 is 1.10 bits per heavy atom. The summed E-state index contributed by atoms with van der Waals surface area (Å²) in [5.74, 6) is 0.408. The first-order valence-corrected chi connectivity index (χ1v) is 6.33. The molecule has 0 spiro atoms. The second-order valence-electron chi connectivity index (χ2n) is 4.53. The van der Waals surface area contributed by atoms with Gasteiger partial charge < -0.3 is 14.8 Å². The maximum atomic E-state index is 10.6. The van der Waals surface area contributed by atoms with Crippen LogP contribution in [-0.4, -0.2) is 10.0 Å². The molecule has 2 aromatic carbocycles. The molecule has 0 aliphatic carbocycles. The van der Waals surface area contributed by atoms with Crippen LogP contribution in [0, 0.1) is 10.1 Å². The zero-order valence-corrected chi connectivity index (χ0v) is 10.9. The number of nitrogens with zero attached hydrogens (tertiary/aromatic N) is 1. The molecule has 0 unspecified atom stereocenters. The lowest BCUT2D eigenvalue weighted by atomic mass is 10.1. The first kappa shape index (κ1) is 13.0. The zero-order chi connectivity index (χ0) is 14.8. The molecule has 106 valence electrons. The van der Waals surface area contributed by atoms with E-state index in [1.54, 1.807) is 18.2 Å². The van der Waals surface area contributed by atoms with E-state index in [1.807, 2.05) is 24.3 Å². The fourth-order valence-electron chi connectivity index (χ4n) is 2.19. The van der Waals surface area contributed by atoms with Crippen LogP contribution >= 0.6 is 0 Å². The summed E-state index contributed by atoms with van der Waals surface area (Å²) < 4.78 is 5.09. The Morgan fingerprint density at radius 3 is 2.62 bits per heavy atom. The number of nitrogens with one attached hydrogen (secondary N) is 1. The molecule has 0 aliphatic heterocycles. The highest BCUT2D eigenvalue weighted by molar-refractivity contribution is 5.97. The van der Waals surface area contributed by atoms with E-state index in [0.29, 0.717) is 12.3 Å². The first-order chi connectivity index (χ1) is 10.1. The highest BCUT2D eigenvalue weighted by Gasteiger charge is 2.12. The van der Waals surface area contributed by atoms with Crippen molar-refractivity contribution in [2.24, 2.45) is 0 Å². The normalized spacial score (nSPS) is 10.7. The molecule has 0 aliphatic rings. The molecule has 21 heavy (non-hydrogen) atoms. The van der Waals surface area contributed by atoms with Gasteiger partial charge in [0.05, 0.1) is 12.6 Å². The van der Waals surface area contributed by atoms with Crippen molar-refractivity contribution in [1.82, 2.24) is 0 Å². The molecule has 0 saturated carbocycles. The van der Waals surface area contributed by atoms with Crippen molar-refractivity contribution in [3.63, 3.8) is 0 Å². The maximum Gasteiger partial charge on any atom is 0.433 e. The van der Waals surface area contributed by atoms with Gasteiger partial charge in [0.1, 0.15) is 16.4 Å². The van der Waals surface area contributed by atoms with Crippen LogP contribution in [0.2, 0.25) is 0 Å². The Labute approximate surface area is 119 Å². The highest BCUT2D eigenvalue weighted by Crippen LogP contribution is 2.30. The number of rotatable bonds is 4. The van der Waals surface area contributed by atoms with Gasteiger partial charge in [0, 0.05) is 16.5 Å². The number of phenols is 1. The number of furan rings is 1. The summed E-state index contributed by atoms with van der Waals surface area (Å²) in [5.41, 5.74) is 0.822. The van der Waals surface area contributed by atoms with E-state index in [9.17, 15) is 15.2 Å². The second kappa shape index (κ2) is 5.16. The van der Waals surface area contributed by atoms with Crippen LogP contribution in [0.1, 0.15) is 5.76 Å². The van der Waals surface area contributed by atoms with Gasteiger partial charge in [0.25, 0.3) is 0 Å². The summed E-state index contributed by atoms with van der Waals surface area (Å²) in [6, 6.07) is 13.7. The molecule has 3 rings (SSSR count). The molecule has 6 nitrogen and oxygen atoms in total. The summed E-state index contributed by atoms with van der Waals surface area (Å²) in [5, 5.41) is 25.2. The highest BCUT2D eigenvalue weighted by atomic mass is 16.6. The number of nitro groups is 1. The van der Waals surface area contributed by atoms with Gasteiger partial charge in [-0.05, 0) is 18.2 Å². The van der Waals surface area contributed by atoms with Gasteiger partial charge >= 0.3 is 5.88 Å². The molecule has 1 aromatic heterocycles. The number of aromatic hydroxyl groups is 1. The lowest BCUT2D eigenvalue weighted by molar-refractivity contribution is -0.402. The smallest absolute Gasteiger partial charge is 0.433 e. The van der Waals surface area contributed by atoms with E-state index in [-0.39, 0.29) is 11.6 Å². The van der Waals surface area contributed by atoms with Crippen molar-refractivity contribution < 1.29 is 14.4 Å². The Morgan fingerprint density at radius 2 is 1.86 bits per heavy atom. The standard InChI is InChI=1S/C15H12N2O4/c18-14-6-2-3-11-12(14)4-1-5-13(11)16-9-10-7-8-15(21-10)17(19)20/h1-8,16,18H,9H2. The number of phenolic OH excluding ortho intramolecular Hbond substituents is 1. The molecule has 2 N–H and O–H groups in total. The third-order valence-corrected chi connectivity index (χ3v) is 3.18. The van der Waals surface area contributed by atoms with E-state index in [0.717, 1.165) is 16.5 Å². The fraction of sp³-hybridized carbons (Fsp3) is 0.0667. The average molecular weight is 284 g/mol. The molecule has 0 atom stereocenters. The Kier molecular flexibility index (Phi) is 3.19. The van der Waals surface area contributed by atoms with Gasteiger partial charge in [-0.3, -0.25) is 10.1 Å². The minimum absolute atomic E-state index is 0.213. The van der Waals surface area contributed by atoms with Crippen LogP contribution in [0.5, 0.6) is 5.75 Å². The average Bonchev–Trinajstić information content (AvgIpc) is 2.95. The predicted molar refractivity (Wildman–Crippen MR) is 78.3 cm³/mol. The van der Waals surface area contributed by atoms with E-state index < -0.39 is 4.92 Å². The zero-order valence-electron chi connectivity index (χ0n) is 10.9. The SMILES string of the molecule is O=[N+]([O-])c1ccc(CNc2cccc3c(O)cccc23)o1. The number of hydrogen-bond acceptors (Lipinski definition) is 5. The molecule has 0 saturated heterocycles. The lowest BCUT2D eigenvalue weighted by Crippen LogP contribution is -1.98. The Hall–Kier alpha value is -3.02. The maximum absolute atomic E-state index is 10.6. The molecule has 0 radical (unpaired) electrons. The molecular weight excluding hydrogens is 272 g/mol. The molecule has 0 fully saturated rings. The van der Waals surface area contributed by atoms with E-state index in [1.165, 1.54) is 6.07 Å². The Balaban J connectivity index is 1.85. The largest absolute Gasteiger partial charge is 0.507 e. The van der Waals surface area contributed by atoms with E-state index >= 15 is 0 Å². The molecule has 0 amide bonds. The molecular formula is C15H12N2O4. The summed E-state index contributed by atoms with van der Waals surface area (Å²) in [4.78, 5) is 9.99. The molecule has 3 aromatic rings. The van der Waals surface area contributed by atoms with Gasteiger partial charge in [0.2, 0.25) is 0 Å². The van der Waals surface area contributed by atoms with Gasteiger partial charge in [0.15, 0.2) is 0 Å². The minimum atomic E-state index is -0.570. The van der Waals surface area contributed by atoms with Crippen molar-refractivity contribution in [3.8, 4) is 5.75 Å². The van der Waals surface area contributed by atoms with Crippen LogP contribution in [0.4, 0.5) is 11.6 Å². The molecule has 6 heteroatoms. The van der Waals surface area contributed by atoms with Crippen molar-refractivity contribution >= 4 is 22.3 Å². The molecule has 1 heterocycles. The van der Waals surface area contributed by atoms with E-state index in [2.05, 4.69) is 5.32 Å². The summed E-state index contributed by atoms with van der Waals surface area (Å²) >= 11 is 0. The van der Waals surface area contributed by atoms with Crippen LogP contribution in [-0.2, 0) is 6.54 Å². The van der Waals surface area contributed by atoms with Crippen LogP contribution < -0.4 is 5.32 Å². The topological polar surface area (TPSA) is 88.5 Å². The number of anilines is 1. The van der Waals surface area contributed by atoms with Crippen LogP contribution in [0.25, 0.3) is 10.8 Å². The van der Waals surface area contributed by atoms with Gasteiger partial charge in [-0.15, -0.1) is 0 Å². The third-order valence-electron chi connectivity index (χ3n) is 3.18. The summed E-state index contributed by atoms with van der Waals surface area (Å²) in [7, 11) is 0. The van der Waals surface area contributed by atoms with Crippen molar-refractivity contribution in [2.75, 3.05) is 5.32 Å². The minimum Gasteiger partial charge on any atom is -0.507 e. The molecule has 0 bridgehead atoms. The third kappa shape index (κ3) is 2.51. The second-order valence-corrected chi connectivity index (χ2v) is 4.53.